The van der Waals surface area contributed by atoms with Gasteiger partial charge in [0.2, 0.25) is 5.91 Å². The summed E-state index contributed by atoms with van der Waals surface area (Å²) < 4.78 is 0. The predicted molar refractivity (Wildman–Crippen MR) is 93.0 cm³/mol. The lowest BCUT2D eigenvalue weighted by Crippen LogP contribution is -2.44. The van der Waals surface area contributed by atoms with Crippen LogP contribution in [0.25, 0.3) is 0 Å². The van der Waals surface area contributed by atoms with Crippen molar-refractivity contribution < 1.29 is 14.7 Å². The molecular formula is C17H25N3O3S. The molecule has 0 spiro atoms. The Hall–Kier alpha value is -1.63. The molecule has 0 aromatic carbocycles. The van der Waals surface area contributed by atoms with Gasteiger partial charge in [0.05, 0.1) is 11.7 Å². The van der Waals surface area contributed by atoms with Crippen molar-refractivity contribution in [1.29, 1.82) is 0 Å². The van der Waals surface area contributed by atoms with Crippen LogP contribution in [0.5, 0.6) is 0 Å². The van der Waals surface area contributed by atoms with Crippen LogP contribution in [0.2, 0.25) is 0 Å². The van der Waals surface area contributed by atoms with Crippen LogP contribution >= 0.6 is 11.8 Å². The van der Waals surface area contributed by atoms with Crippen LogP contribution < -0.4 is 5.32 Å². The lowest BCUT2D eigenvalue weighted by atomic mass is 9.87. The van der Waals surface area contributed by atoms with E-state index in [1.54, 1.807) is 0 Å². The first-order valence-corrected chi connectivity index (χ1v) is 9.41. The number of carboxylic acid groups (broad SMARTS) is 1. The van der Waals surface area contributed by atoms with Gasteiger partial charge in [-0.1, -0.05) is 37.4 Å². The van der Waals surface area contributed by atoms with Crippen molar-refractivity contribution >= 4 is 23.6 Å². The SMILES string of the molecule is Cc1cc(C)nc(SCC(=O)NC2CCCCCCC2C(=O)O)n1. The quantitative estimate of drug-likeness (QED) is 0.626. The molecule has 24 heavy (non-hydrogen) atoms. The van der Waals surface area contributed by atoms with Crippen LogP contribution in [0.4, 0.5) is 0 Å². The van der Waals surface area contributed by atoms with E-state index in [9.17, 15) is 14.7 Å². The number of carboxylic acids is 1. The van der Waals surface area contributed by atoms with Gasteiger partial charge in [-0.3, -0.25) is 9.59 Å². The van der Waals surface area contributed by atoms with Gasteiger partial charge in [-0.05, 0) is 32.8 Å². The van der Waals surface area contributed by atoms with Crippen LogP contribution in [0.1, 0.15) is 49.9 Å². The Morgan fingerprint density at radius 1 is 1.17 bits per heavy atom. The molecule has 0 aliphatic heterocycles. The molecule has 0 saturated heterocycles. The highest BCUT2D eigenvalue weighted by Gasteiger charge is 2.29. The van der Waals surface area contributed by atoms with Gasteiger partial charge in [0.15, 0.2) is 5.16 Å². The second-order valence-corrected chi connectivity index (χ2v) is 7.27. The van der Waals surface area contributed by atoms with Crippen molar-refractivity contribution in [1.82, 2.24) is 15.3 Å². The summed E-state index contributed by atoms with van der Waals surface area (Å²) in [4.78, 5) is 32.3. The van der Waals surface area contributed by atoms with Crippen LogP contribution in [0.3, 0.4) is 0 Å². The standard InChI is InChI=1S/C17H25N3O3S/c1-11-9-12(2)19-17(18-11)24-10-15(21)20-14-8-6-4-3-5-7-13(14)16(22)23/h9,13-14H,3-8,10H2,1-2H3,(H,20,21)(H,22,23). The van der Waals surface area contributed by atoms with E-state index in [1.165, 1.54) is 11.8 Å². The van der Waals surface area contributed by atoms with Gasteiger partial charge in [0.25, 0.3) is 0 Å². The maximum Gasteiger partial charge on any atom is 0.308 e. The topological polar surface area (TPSA) is 92.2 Å². The summed E-state index contributed by atoms with van der Waals surface area (Å²) in [6, 6.07) is 1.60. The zero-order valence-corrected chi connectivity index (χ0v) is 15.1. The first-order chi connectivity index (χ1) is 11.5. The molecule has 2 rings (SSSR count). The second kappa shape index (κ2) is 9.01. The summed E-state index contributed by atoms with van der Waals surface area (Å²) in [5.41, 5.74) is 1.74. The molecule has 2 N–H and O–H groups in total. The summed E-state index contributed by atoms with van der Waals surface area (Å²) in [5, 5.41) is 12.9. The molecule has 2 unspecified atom stereocenters. The van der Waals surface area contributed by atoms with Gasteiger partial charge in [0, 0.05) is 17.4 Å². The normalized spacial score (nSPS) is 21.6. The van der Waals surface area contributed by atoms with Crippen molar-refractivity contribution in [2.75, 3.05) is 5.75 Å². The molecule has 1 aliphatic rings. The first-order valence-electron chi connectivity index (χ1n) is 8.43. The van der Waals surface area contributed by atoms with E-state index >= 15 is 0 Å². The number of rotatable bonds is 5. The maximum absolute atomic E-state index is 12.2. The van der Waals surface area contributed by atoms with Crippen LogP contribution in [0.15, 0.2) is 11.2 Å². The molecular weight excluding hydrogens is 326 g/mol. The summed E-state index contributed by atoms with van der Waals surface area (Å²) in [6.07, 6.45) is 5.41. The Morgan fingerprint density at radius 3 is 2.42 bits per heavy atom. The minimum Gasteiger partial charge on any atom is -0.481 e. The molecule has 6 nitrogen and oxygen atoms in total. The third kappa shape index (κ3) is 5.78. The van der Waals surface area contributed by atoms with Gasteiger partial charge in [-0.2, -0.15) is 0 Å². The second-order valence-electron chi connectivity index (χ2n) is 6.33. The molecule has 2 atom stereocenters. The molecule has 1 saturated carbocycles. The number of amides is 1. The molecule has 7 heteroatoms. The van der Waals surface area contributed by atoms with Crippen molar-refractivity contribution in [2.24, 2.45) is 5.92 Å². The number of hydrogen-bond acceptors (Lipinski definition) is 5. The maximum atomic E-state index is 12.2. The van der Waals surface area contributed by atoms with Crippen molar-refractivity contribution in [3.8, 4) is 0 Å². The van der Waals surface area contributed by atoms with Crippen molar-refractivity contribution in [3.63, 3.8) is 0 Å². The number of aliphatic carboxylic acids is 1. The molecule has 1 fully saturated rings. The van der Waals surface area contributed by atoms with E-state index in [0.29, 0.717) is 11.6 Å². The zero-order valence-electron chi connectivity index (χ0n) is 14.2. The summed E-state index contributed by atoms with van der Waals surface area (Å²) in [5.74, 6) is -1.25. The fourth-order valence-corrected chi connectivity index (χ4v) is 3.85. The lowest BCUT2D eigenvalue weighted by molar-refractivity contribution is -0.143. The fourth-order valence-electron chi connectivity index (χ4n) is 3.09. The monoisotopic (exact) mass is 351 g/mol. The van der Waals surface area contributed by atoms with E-state index in [4.69, 9.17) is 0 Å². The van der Waals surface area contributed by atoms with Gasteiger partial charge in [-0.15, -0.1) is 0 Å². The third-order valence-corrected chi connectivity index (χ3v) is 5.07. The van der Waals surface area contributed by atoms with Gasteiger partial charge in [0.1, 0.15) is 0 Å². The van der Waals surface area contributed by atoms with E-state index in [2.05, 4.69) is 15.3 Å². The number of hydrogen-bond donors (Lipinski definition) is 2. The molecule has 132 valence electrons. The minimum absolute atomic E-state index is 0.153. The number of carbonyl (C=O) groups excluding carboxylic acids is 1. The number of aromatic nitrogens is 2. The van der Waals surface area contributed by atoms with E-state index in [-0.39, 0.29) is 17.7 Å². The van der Waals surface area contributed by atoms with E-state index in [1.807, 2.05) is 19.9 Å². The number of nitrogens with one attached hydrogen (secondary N) is 1. The Bertz CT molecular complexity index is 574. The number of nitrogens with zero attached hydrogens (tertiary/aromatic N) is 2. The summed E-state index contributed by atoms with van der Waals surface area (Å²) in [7, 11) is 0. The molecule has 1 aromatic heterocycles. The lowest BCUT2D eigenvalue weighted by Gasteiger charge is -2.27. The summed E-state index contributed by atoms with van der Waals surface area (Å²) in [6.45, 7) is 3.79. The molecule has 0 bridgehead atoms. The highest BCUT2D eigenvalue weighted by Crippen LogP contribution is 2.23. The number of thioether (sulfide) groups is 1. The Balaban J connectivity index is 1.92. The first kappa shape index (κ1) is 18.7. The molecule has 1 aliphatic carbocycles. The highest BCUT2D eigenvalue weighted by molar-refractivity contribution is 7.99. The minimum atomic E-state index is -0.813. The Labute approximate surface area is 146 Å². The Morgan fingerprint density at radius 2 is 1.79 bits per heavy atom. The van der Waals surface area contributed by atoms with Crippen LogP contribution in [-0.2, 0) is 9.59 Å². The number of carbonyl (C=O) groups is 2. The zero-order chi connectivity index (χ0) is 17.5. The van der Waals surface area contributed by atoms with Crippen LogP contribution in [0, 0.1) is 19.8 Å². The van der Waals surface area contributed by atoms with E-state index < -0.39 is 11.9 Å². The fraction of sp³-hybridized carbons (Fsp3) is 0.647. The van der Waals surface area contributed by atoms with Gasteiger partial charge in [-0.25, -0.2) is 9.97 Å². The molecule has 1 amide bonds. The average Bonchev–Trinajstić information content (AvgIpc) is 2.46. The van der Waals surface area contributed by atoms with Crippen molar-refractivity contribution in [2.45, 2.75) is 63.6 Å². The van der Waals surface area contributed by atoms with Gasteiger partial charge >= 0.3 is 5.97 Å². The van der Waals surface area contributed by atoms with E-state index in [0.717, 1.165) is 43.5 Å². The Kier molecular flexibility index (Phi) is 7.02. The largest absolute Gasteiger partial charge is 0.481 e. The van der Waals surface area contributed by atoms with Crippen LogP contribution in [-0.4, -0.2) is 38.7 Å². The summed E-state index contributed by atoms with van der Waals surface area (Å²) >= 11 is 1.28. The smallest absolute Gasteiger partial charge is 0.308 e. The highest BCUT2D eigenvalue weighted by atomic mass is 32.2. The average molecular weight is 351 g/mol. The molecule has 1 aromatic rings. The van der Waals surface area contributed by atoms with Gasteiger partial charge < -0.3 is 10.4 Å². The predicted octanol–water partition coefficient (Wildman–Crippen LogP) is 2.73. The number of aryl methyl sites for hydroxylation is 2. The molecule has 1 heterocycles. The van der Waals surface area contributed by atoms with Crippen molar-refractivity contribution in [3.05, 3.63) is 17.5 Å². The third-order valence-electron chi connectivity index (χ3n) is 4.22. The molecule has 0 radical (unpaired) electrons.